The molecule has 2 saturated heterocycles. The number of phenolic OH excluding ortho intramolecular Hbond substituents is 1. The van der Waals surface area contributed by atoms with Crippen LogP contribution in [0.15, 0.2) is 90.5 Å². The zero-order valence-electron chi connectivity index (χ0n) is 30.4. The largest absolute Gasteiger partial charge is 0.507 e. The number of nitrogens with one attached hydrogen (secondary N) is 1. The lowest BCUT2D eigenvalue weighted by Crippen LogP contribution is -2.53. The van der Waals surface area contributed by atoms with Crippen LogP contribution in [0.1, 0.15) is 47.2 Å². The van der Waals surface area contributed by atoms with Gasteiger partial charge in [-0.2, -0.15) is 5.01 Å². The van der Waals surface area contributed by atoms with Gasteiger partial charge in [-0.1, -0.05) is 59.1 Å². The Hall–Kier alpha value is -6.05. The first-order valence-corrected chi connectivity index (χ1v) is 18.9. The standard InChI is InChI=1S/C42H35Cl2N3O10/c1-3-57-33-6-4-5-27(36(33)49)35-24-14-15-26-34(39(52)46(37(26)50)22-10-13-25(40(53)54)32(48)18-22)28(24)19-29-38(51)47(45-31-16-9-21(43)17-30(31)44)41(55)42(29,35)20-7-11-23(56-2)12-8-20/h4-14,16-18,26,28-29,34-35,45,48-49H,3,15,19H2,1-2H3,(H,53,54)/t26-,28+,29-,34-,35+,42+/m0/s1. The van der Waals surface area contributed by atoms with Gasteiger partial charge in [0.15, 0.2) is 11.5 Å². The zero-order chi connectivity index (χ0) is 40.5. The minimum Gasteiger partial charge on any atom is -0.507 e. The fraction of sp³-hybridized carbons (Fsp3) is 0.262. The summed E-state index contributed by atoms with van der Waals surface area (Å²) < 4.78 is 11.3. The fourth-order valence-electron chi connectivity index (χ4n) is 9.33. The molecule has 292 valence electrons. The van der Waals surface area contributed by atoms with Gasteiger partial charge in [0.05, 0.1) is 53.3 Å². The second-order valence-electron chi connectivity index (χ2n) is 14.4. The molecule has 2 aliphatic carbocycles. The number of fused-ring (bicyclic) bond motifs is 4. The number of carbonyl (C=O) groups excluding carboxylic acids is 4. The van der Waals surface area contributed by atoms with E-state index in [1.807, 2.05) is 6.08 Å². The lowest BCUT2D eigenvalue weighted by Gasteiger charge is -2.50. The summed E-state index contributed by atoms with van der Waals surface area (Å²) in [6.45, 7) is 1.98. The number of amides is 4. The predicted molar refractivity (Wildman–Crippen MR) is 207 cm³/mol. The van der Waals surface area contributed by atoms with Crippen LogP contribution in [0, 0.1) is 23.7 Å². The van der Waals surface area contributed by atoms with Crippen molar-refractivity contribution < 1.29 is 48.8 Å². The average molecular weight is 813 g/mol. The molecule has 4 N–H and O–H groups in total. The van der Waals surface area contributed by atoms with Gasteiger partial charge < -0.3 is 24.8 Å². The normalized spacial score (nSPS) is 25.1. The van der Waals surface area contributed by atoms with Gasteiger partial charge in [-0.25, -0.2) is 9.69 Å². The Bertz CT molecular complexity index is 2420. The highest BCUT2D eigenvalue weighted by molar-refractivity contribution is 6.36. The van der Waals surface area contributed by atoms with Gasteiger partial charge in [-0.3, -0.25) is 24.6 Å². The van der Waals surface area contributed by atoms with Gasteiger partial charge in [-0.05, 0) is 79.8 Å². The number of halogens is 2. The molecule has 8 rings (SSSR count). The first-order valence-electron chi connectivity index (χ1n) is 18.2. The first kappa shape index (κ1) is 37.9. The van der Waals surface area contributed by atoms with E-state index in [-0.39, 0.29) is 52.9 Å². The van der Waals surface area contributed by atoms with E-state index in [4.69, 9.17) is 32.7 Å². The van der Waals surface area contributed by atoms with Gasteiger partial charge in [-0.15, -0.1) is 0 Å². The molecule has 13 nitrogen and oxygen atoms in total. The molecule has 2 aliphatic heterocycles. The van der Waals surface area contributed by atoms with Crippen molar-refractivity contribution in [2.24, 2.45) is 23.7 Å². The average Bonchev–Trinajstić information content (AvgIpc) is 3.57. The van der Waals surface area contributed by atoms with Gasteiger partial charge >= 0.3 is 5.97 Å². The highest BCUT2D eigenvalue weighted by Gasteiger charge is 2.70. The number of phenols is 2. The molecule has 0 radical (unpaired) electrons. The van der Waals surface area contributed by atoms with E-state index < -0.39 is 75.9 Å². The van der Waals surface area contributed by atoms with Crippen LogP contribution in [0.5, 0.6) is 23.0 Å². The Kier molecular flexibility index (Phi) is 9.40. The molecule has 4 aliphatic rings. The van der Waals surface area contributed by atoms with Gasteiger partial charge in [0, 0.05) is 22.6 Å². The third-order valence-electron chi connectivity index (χ3n) is 11.7. The van der Waals surface area contributed by atoms with Crippen molar-refractivity contribution >= 4 is 64.2 Å². The van der Waals surface area contributed by atoms with Crippen LogP contribution in [-0.4, -0.2) is 63.6 Å². The number of hydrogen-bond acceptors (Lipinski definition) is 10. The molecule has 57 heavy (non-hydrogen) atoms. The second-order valence-corrected chi connectivity index (χ2v) is 15.2. The van der Waals surface area contributed by atoms with Crippen LogP contribution >= 0.6 is 23.2 Å². The van der Waals surface area contributed by atoms with Crippen LogP contribution < -0.4 is 19.8 Å². The maximum Gasteiger partial charge on any atom is 0.339 e. The second kappa shape index (κ2) is 14.2. The zero-order valence-corrected chi connectivity index (χ0v) is 32.0. The summed E-state index contributed by atoms with van der Waals surface area (Å²) in [7, 11) is 1.50. The molecule has 4 aromatic rings. The molecule has 4 aromatic carbocycles. The number of hydrazine groups is 1. The number of rotatable bonds is 9. The van der Waals surface area contributed by atoms with Crippen molar-refractivity contribution in [2.45, 2.75) is 31.1 Å². The van der Waals surface area contributed by atoms with Crippen molar-refractivity contribution in [1.82, 2.24) is 5.01 Å². The van der Waals surface area contributed by atoms with E-state index in [0.29, 0.717) is 21.9 Å². The van der Waals surface area contributed by atoms with Crippen molar-refractivity contribution in [3.63, 3.8) is 0 Å². The molecule has 3 fully saturated rings. The number of carbonyl (C=O) groups is 5. The van der Waals surface area contributed by atoms with Crippen LogP contribution in [-0.2, 0) is 24.6 Å². The molecule has 0 aromatic heterocycles. The molecule has 4 amide bonds. The highest BCUT2D eigenvalue weighted by Crippen LogP contribution is 2.65. The topological polar surface area (TPSA) is 183 Å². The van der Waals surface area contributed by atoms with E-state index in [9.17, 15) is 34.5 Å². The lowest BCUT2D eigenvalue weighted by molar-refractivity contribution is -0.138. The van der Waals surface area contributed by atoms with Crippen molar-refractivity contribution in [3.8, 4) is 23.0 Å². The number of carboxylic acids is 1. The Labute approximate surface area is 336 Å². The van der Waals surface area contributed by atoms with Crippen LogP contribution in [0.4, 0.5) is 11.4 Å². The number of methoxy groups -OCH3 is 1. The number of hydrogen-bond donors (Lipinski definition) is 4. The number of carboxylic acid groups (broad SMARTS) is 1. The number of para-hydroxylation sites is 1. The summed E-state index contributed by atoms with van der Waals surface area (Å²) in [6.07, 6.45) is 1.86. The number of nitrogens with zero attached hydrogens (tertiary/aromatic N) is 2. The maximum absolute atomic E-state index is 15.5. The first-order chi connectivity index (χ1) is 27.3. The molecular weight excluding hydrogens is 777 g/mol. The lowest BCUT2D eigenvalue weighted by atomic mass is 9.49. The van der Waals surface area contributed by atoms with Crippen molar-refractivity contribution in [2.75, 3.05) is 24.0 Å². The molecule has 0 bridgehead atoms. The number of anilines is 2. The van der Waals surface area contributed by atoms with Crippen LogP contribution in [0.25, 0.3) is 0 Å². The predicted octanol–water partition coefficient (Wildman–Crippen LogP) is 6.70. The Morgan fingerprint density at radius 1 is 0.930 bits per heavy atom. The molecular formula is C42H35Cl2N3O10. The van der Waals surface area contributed by atoms with Crippen LogP contribution in [0.2, 0.25) is 10.0 Å². The molecule has 0 spiro atoms. The molecule has 15 heteroatoms. The van der Waals surface area contributed by atoms with E-state index >= 15 is 4.79 Å². The maximum atomic E-state index is 15.5. The highest BCUT2D eigenvalue weighted by atomic mass is 35.5. The van der Waals surface area contributed by atoms with E-state index in [2.05, 4.69) is 5.43 Å². The Balaban J connectivity index is 1.33. The number of imide groups is 2. The third-order valence-corrected chi connectivity index (χ3v) is 12.2. The summed E-state index contributed by atoms with van der Waals surface area (Å²) in [6, 6.07) is 19.7. The Morgan fingerprint density at radius 3 is 2.35 bits per heavy atom. The molecule has 6 atom stereocenters. The number of allylic oxidation sites excluding steroid dienone is 2. The number of ether oxygens (including phenoxy) is 2. The van der Waals surface area contributed by atoms with Gasteiger partial charge in [0.25, 0.3) is 11.8 Å². The summed E-state index contributed by atoms with van der Waals surface area (Å²) in [5.41, 5.74) is 2.31. The number of aromatic carboxylic acids is 1. The van der Waals surface area contributed by atoms with Crippen molar-refractivity contribution in [3.05, 3.63) is 117 Å². The van der Waals surface area contributed by atoms with Crippen molar-refractivity contribution in [1.29, 1.82) is 0 Å². The summed E-state index contributed by atoms with van der Waals surface area (Å²) in [4.78, 5) is 71.8. The summed E-state index contributed by atoms with van der Waals surface area (Å²) >= 11 is 12.7. The monoisotopic (exact) mass is 811 g/mol. The smallest absolute Gasteiger partial charge is 0.339 e. The van der Waals surface area contributed by atoms with E-state index in [1.54, 1.807) is 55.5 Å². The quantitative estimate of drug-likeness (QED) is 0.104. The molecule has 2 heterocycles. The van der Waals surface area contributed by atoms with Crippen LogP contribution in [0.3, 0.4) is 0 Å². The summed E-state index contributed by atoms with van der Waals surface area (Å²) in [5, 5.41) is 33.3. The number of benzene rings is 4. The Morgan fingerprint density at radius 2 is 1.68 bits per heavy atom. The molecule has 1 saturated carbocycles. The third kappa shape index (κ3) is 5.70. The minimum absolute atomic E-state index is 0.00668. The van der Waals surface area contributed by atoms with Gasteiger partial charge in [0.2, 0.25) is 11.8 Å². The summed E-state index contributed by atoms with van der Waals surface area (Å²) in [5.74, 6) is -8.96. The van der Waals surface area contributed by atoms with Gasteiger partial charge in [0.1, 0.15) is 17.1 Å². The van der Waals surface area contributed by atoms with E-state index in [0.717, 1.165) is 22.0 Å². The minimum atomic E-state index is -1.73. The fourth-order valence-corrected chi connectivity index (χ4v) is 9.78. The number of aromatic hydroxyl groups is 2. The molecule has 0 unspecified atom stereocenters. The van der Waals surface area contributed by atoms with E-state index in [1.165, 1.54) is 25.3 Å². The SMILES string of the molecule is CCOc1cccc([C@H]2C3=CC[C@@H]4C(=O)N(c5ccc(C(=O)O)c(O)c5)C(=O)[C@@H]4[C@@H]3C[C@H]3C(=O)N(Nc4ccc(Cl)cc4Cl)C(=O)[C@@]23c2ccc(OC)cc2)c1O.